The SMILES string of the molecule is COc1cc(/C=C(\C#N)C(=O)Nc2ccc([N+](=O)[O-])cc2Cl)cc(I)c1OCc1ccc(F)cc1. The molecule has 3 aromatic rings. The third-order valence-corrected chi connectivity index (χ3v) is 5.75. The van der Waals surface area contributed by atoms with Gasteiger partial charge in [0.1, 0.15) is 24.1 Å². The summed E-state index contributed by atoms with van der Waals surface area (Å²) in [5.41, 5.74) is 0.938. The van der Waals surface area contributed by atoms with Crippen LogP contribution in [0.1, 0.15) is 11.1 Å². The fourth-order valence-corrected chi connectivity index (χ4v) is 3.93. The van der Waals surface area contributed by atoms with Crippen molar-refractivity contribution in [2.75, 3.05) is 12.4 Å². The second-order valence-electron chi connectivity index (χ2n) is 6.99. The van der Waals surface area contributed by atoms with Crippen LogP contribution in [0.2, 0.25) is 5.02 Å². The van der Waals surface area contributed by atoms with E-state index in [1.165, 1.54) is 37.5 Å². The van der Waals surface area contributed by atoms with Crippen molar-refractivity contribution in [1.82, 2.24) is 0 Å². The summed E-state index contributed by atoms with van der Waals surface area (Å²) in [5, 5.41) is 22.8. The van der Waals surface area contributed by atoms with Gasteiger partial charge in [-0.1, -0.05) is 23.7 Å². The van der Waals surface area contributed by atoms with Crippen LogP contribution in [0.5, 0.6) is 11.5 Å². The smallest absolute Gasteiger partial charge is 0.271 e. The van der Waals surface area contributed by atoms with E-state index < -0.39 is 10.8 Å². The molecule has 178 valence electrons. The first-order valence-corrected chi connectivity index (χ1v) is 11.3. The largest absolute Gasteiger partial charge is 0.493 e. The molecule has 0 fully saturated rings. The number of nitrogens with zero attached hydrogens (tertiary/aromatic N) is 2. The summed E-state index contributed by atoms with van der Waals surface area (Å²) in [7, 11) is 1.46. The normalized spacial score (nSPS) is 10.9. The van der Waals surface area contributed by atoms with E-state index in [1.54, 1.807) is 24.3 Å². The maximum atomic E-state index is 13.1. The van der Waals surface area contributed by atoms with Crippen molar-refractivity contribution in [1.29, 1.82) is 5.26 Å². The molecule has 0 aliphatic rings. The van der Waals surface area contributed by atoms with Gasteiger partial charge in [0, 0.05) is 12.1 Å². The van der Waals surface area contributed by atoms with Crippen molar-refractivity contribution in [3.63, 3.8) is 0 Å². The van der Waals surface area contributed by atoms with Gasteiger partial charge < -0.3 is 14.8 Å². The number of nitro benzene ring substituents is 1. The van der Waals surface area contributed by atoms with Gasteiger partial charge >= 0.3 is 0 Å². The first-order valence-electron chi connectivity index (χ1n) is 9.83. The van der Waals surface area contributed by atoms with Crippen LogP contribution in [0.3, 0.4) is 0 Å². The lowest BCUT2D eigenvalue weighted by Crippen LogP contribution is -2.13. The van der Waals surface area contributed by atoms with Gasteiger partial charge in [-0.05, 0) is 70.1 Å². The van der Waals surface area contributed by atoms with Crippen LogP contribution in [0.25, 0.3) is 6.08 Å². The Balaban J connectivity index is 1.81. The van der Waals surface area contributed by atoms with Gasteiger partial charge in [-0.15, -0.1) is 0 Å². The van der Waals surface area contributed by atoms with Crippen molar-refractivity contribution in [2.45, 2.75) is 6.61 Å². The minimum Gasteiger partial charge on any atom is -0.493 e. The maximum Gasteiger partial charge on any atom is 0.271 e. The van der Waals surface area contributed by atoms with E-state index in [0.717, 1.165) is 11.6 Å². The Labute approximate surface area is 218 Å². The van der Waals surface area contributed by atoms with Crippen LogP contribution in [0.15, 0.2) is 60.2 Å². The Kier molecular flexibility index (Phi) is 8.62. The first kappa shape index (κ1) is 25.9. The summed E-state index contributed by atoms with van der Waals surface area (Å²) < 4.78 is 25.0. The molecule has 0 bridgehead atoms. The summed E-state index contributed by atoms with van der Waals surface area (Å²) in [5.74, 6) is -0.254. The summed E-state index contributed by atoms with van der Waals surface area (Å²) in [6, 6.07) is 14.6. The monoisotopic (exact) mass is 607 g/mol. The molecule has 0 heterocycles. The van der Waals surface area contributed by atoms with E-state index in [0.29, 0.717) is 20.6 Å². The van der Waals surface area contributed by atoms with Gasteiger partial charge in [0.2, 0.25) is 0 Å². The van der Waals surface area contributed by atoms with Gasteiger partial charge in [0.05, 0.1) is 26.3 Å². The molecule has 0 aromatic heterocycles. The molecule has 0 saturated carbocycles. The number of ether oxygens (including phenoxy) is 2. The molecule has 0 aliphatic carbocycles. The average Bonchev–Trinajstić information content (AvgIpc) is 2.83. The van der Waals surface area contributed by atoms with E-state index in [2.05, 4.69) is 5.32 Å². The second kappa shape index (κ2) is 11.6. The highest BCUT2D eigenvalue weighted by atomic mass is 127. The number of hydrogen-bond acceptors (Lipinski definition) is 6. The van der Waals surface area contributed by atoms with Crippen molar-refractivity contribution in [2.24, 2.45) is 0 Å². The van der Waals surface area contributed by atoms with Gasteiger partial charge in [-0.3, -0.25) is 14.9 Å². The van der Waals surface area contributed by atoms with Crippen molar-refractivity contribution in [3.8, 4) is 17.6 Å². The number of nitro groups is 1. The highest BCUT2D eigenvalue weighted by molar-refractivity contribution is 14.1. The van der Waals surface area contributed by atoms with E-state index in [9.17, 15) is 24.6 Å². The number of rotatable bonds is 8. The molecule has 35 heavy (non-hydrogen) atoms. The number of nitriles is 1. The standard InChI is InChI=1S/C24H16ClFIN3O5/c1-34-22-10-15(9-20(27)23(22)35-13-14-2-4-17(26)5-3-14)8-16(12-28)24(31)29-21-7-6-18(30(32)33)11-19(21)25/h2-11H,13H2,1H3,(H,29,31)/b16-8+. The highest BCUT2D eigenvalue weighted by Crippen LogP contribution is 2.35. The van der Waals surface area contributed by atoms with Gasteiger partial charge in [0.25, 0.3) is 11.6 Å². The number of hydrogen-bond donors (Lipinski definition) is 1. The number of carbonyl (C=O) groups excluding carboxylic acids is 1. The molecule has 1 amide bonds. The van der Waals surface area contributed by atoms with Crippen LogP contribution in [0, 0.1) is 30.8 Å². The maximum absolute atomic E-state index is 13.1. The number of nitrogens with one attached hydrogen (secondary N) is 1. The fourth-order valence-electron chi connectivity index (χ4n) is 2.92. The van der Waals surface area contributed by atoms with Gasteiger partial charge in [-0.2, -0.15) is 5.26 Å². The highest BCUT2D eigenvalue weighted by Gasteiger charge is 2.16. The molecular weight excluding hydrogens is 592 g/mol. The molecule has 0 atom stereocenters. The molecule has 8 nitrogen and oxygen atoms in total. The Morgan fingerprint density at radius 2 is 1.97 bits per heavy atom. The zero-order valence-electron chi connectivity index (χ0n) is 18.1. The number of anilines is 1. The second-order valence-corrected chi connectivity index (χ2v) is 8.56. The number of non-ortho nitro benzene ring substituents is 1. The van der Waals surface area contributed by atoms with Crippen molar-refractivity contribution >= 4 is 57.5 Å². The molecular formula is C24H16ClFIN3O5. The summed E-state index contributed by atoms with van der Waals surface area (Å²) >= 11 is 8.05. The van der Waals surface area contributed by atoms with Crippen LogP contribution in [-0.2, 0) is 11.4 Å². The Hall–Kier alpha value is -3.69. The van der Waals surface area contributed by atoms with Crippen molar-refractivity contribution in [3.05, 3.63) is 95.8 Å². The first-order chi connectivity index (χ1) is 16.7. The van der Waals surface area contributed by atoms with Crippen LogP contribution < -0.4 is 14.8 Å². The fraction of sp³-hybridized carbons (Fsp3) is 0.0833. The number of carbonyl (C=O) groups is 1. The predicted octanol–water partition coefficient (Wildman–Crippen LogP) is 6.13. The molecule has 0 aliphatic heterocycles. The number of halogens is 3. The lowest BCUT2D eigenvalue weighted by molar-refractivity contribution is -0.384. The minimum atomic E-state index is -0.742. The predicted molar refractivity (Wildman–Crippen MR) is 137 cm³/mol. The Bertz CT molecular complexity index is 1360. The summed E-state index contributed by atoms with van der Waals surface area (Å²) in [4.78, 5) is 22.9. The van der Waals surface area contributed by atoms with Crippen LogP contribution >= 0.6 is 34.2 Å². The number of benzene rings is 3. The molecule has 11 heteroatoms. The molecule has 3 aromatic carbocycles. The van der Waals surface area contributed by atoms with Crippen LogP contribution in [0.4, 0.5) is 15.8 Å². The Morgan fingerprint density at radius 3 is 2.57 bits per heavy atom. The number of methoxy groups -OCH3 is 1. The zero-order chi connectivity index (χ0) is 25.5. The zero-order valence-corrected chi connectivity index (χ0v) is 21.0. The summed E-state index contributed by atoms with van der Waals surface area (Å²) in [6.45, 7) is 0.184. The molecule has 0 saturated heterocycles. The lowest BCUT2D eigenvalue weighted by atomic mass is 10.1. The topological polar surface area (TPSA) is 114 Å². The third-order valence-electron chi connectivity index (χ3n) is 4.64. The van der Waals surface area contributed by atoms with E-state index >= 15 is 0 Å². The molecule has 0 radical (unpaired) electrons. The minimum absolute atomic E-state index is 0.0382. The molecule has 0 spiro atoms. The molecule has 0 unspecified atom stereocenters. The van der Waals surface area contributed by atoms with E-state index in [1.807, 2.05) is 28.7 Å². The summed E-state index contributed by atoms with van der Waals surface area (Å²) in [6.07, 6.45) is 1.36. The average molecular weight is 608 g/mol. The van der Waals surface area contributed by atoms with E-state index in [4.69, 9.17) is 21.1 Å². The third kappa shape index (κ3) is 6.68. The van der Waals surface area contributed by atoms with E-state index in [-0.39, 0.29) is 34.4 Å². The lowest BCUT2D eigenvalue weighted by Gasteiger charge is -2.14. The van der Waals surface area contributed by atoms with Gasteiger partial charge in [0.15, 0.2) is 11.5 Å². The Morgan fingerprint density at radius 1 is 1.26 bits per heavy atom. The van der Waals surface area contributed by atoms with Gasteiger partial charge in [-0.25, -0.2) is 4.39 Å². The van der Waals surface area contributed by atoms with Crippen molar-refractivity contribution < 1.29 is 23.6 Å². The molecule has 1 N–H and O–H groups in total. The molecule has 3 rings (SSSR count). The quantitative estimate of drug-likeness (QED) is 0.108. The number of amides is 1. The van der Waals surface area contributed by atoms with Crippen LogP contribution in [-0.4, -0.2) is 17.9 Å².